The molecule has 2 nitrogen and oxygen atoms in total. The van der Waals surface area contributed by atoms with Crippen molar-refractivity contribution in [2.24, 2.45) is 0 Å². The van der Waals surface area contributed by atoms with Gasteiger partial charge in [-0.1, -0.05) is 19.8 Å². The van der Waals surface area contributed by atoms with Crippen LogP contribution in [0.3, 0.4) is 0 Å². The van der Waals surface area contributed by atoms with Crippen molar-refractivity contribution in [3.05, 3.63) is 0 Å². The van der Waals surface area contributed by atoms with Gasteiger partial charge in [0.2, 0.25) is 0 Å². The Hall–Kier alpha value is 0.0600. The van der Waals surface area contributed by atoms with E-state index in [1.165, 1.54) is 12.8 Å². The van der Waals surface area contributed by atoms with Crippen LogP contribution in [0.15, 0.2) is 0 Å². The summed E-state index contributed by atoms with van der Waals surface area (Å²) in [4.78, 5) is 0. The molecule has 3 heteroatoms. The molecule has 0 aromatic carbocycles. The van der Waals surface area contributed by atoms with E-state index in [1.54, 1.807) is 0 Å². The summed E-state index contributed by atoms with van der Waals surface area (Å²) in [5.74, 6) is 0. The molecule has 1 fully saturated rings. The average molecular weight is 189 g/mol. The highest BCUT2D eigenvalue weighted by Crippen LogP contribution is 2.42. The van der Waals surface area contributed by atoms with Crippen molar-refractivity contribution in [2.45, 2.75) is 51.6 Å². The number of rotatable bonds is 4. The van der Waals surface area contributed by atoms with E-state index in [4.69, 9.17) is 4.52 Å². The van der Waals surface area contributed by atoms with Crippen LogP contribution in [0.2, 0.25) is 0 Å². The monoisotopic (exact) mass is 189 g/mol. The third-order valence-corrected chi connectivity index (χ3v) is 3.82. The lowest BCUT2D eigenvalue weighted by atomic mass is 10.00. The molecule has 0 amide bonds. The lowest BCUT2D eigenvalue weighted by molar-refractivity contribution is 0.0825. The predicted molar refractivity (Wildman–Crippen MR) is 50.7 cm³/mol. The largest absolute Gasteiger partial charge is 0.508 e. The summed E-state index contributed by atoms with van der Waals surface area (Å²) in [6.45, 7) is 4.04. The molecule has 0 aliphatic heterocycles. The maximum atomic E-state index is 11.3. The van der Waals surface area contributed by atoms with Crippen LogP contribution in [0.5, 0.6) is 0 Å². The van der Waals surface area contributed by atoms with Crippen molar-refractivity contribution in [3.8, 4) is 0 Å². The molecule has 0 aromatic heterocycles. The van der Waals surface area contributed by atoms with Crippen molar-refractivity contribution in [1.82, 2.24) is 0 Å². The molecule has 1 saturated carbocycles. The second kappa shape index (κ2) is 4.34. The summed E-state index contributed by atoms with van der Waals surface area (Å²) in [7, 11) is -1.39. The second-order valence-corrected chi connectivity index (χ2v) is 4.96. The molecule has 1 rings (SSSR count). The molecular weight excluding hydrogens is 171 g/mol. The molecule has 0 spiro atoms. The molecule has 1 aliphatic rings. The molecule has 0 bridgehead atoms. The van der Waals surface area contributed by atoms with Crippen LogP contribution in [-0.2, 0) is 9.09 Å². The van der Waals surface area contributed by atoms with Gasteiger partial charge >= 0.3 is 8.03 Å². The van der Waals surface area contributed by atoms with Crippen molar-refractivity contribution >= 4 is 8.03 Å². The summed E-state index contributed by atoms with van der Waals surface area (Å²) >= 11 is 0. The highest BCUT2D eigenvalue weighted by atomic mass is 31.1. The smallest absolute Gasteiger partial charge is 0.140 e. The van der Waals surface area contributed by atoms with E-state index in [9.17, 15) is 4.57 Å². The van der Waals surface area contributed by atoms with E-state index < -0.39 is 8.03 Å². The highest BCUT2D eigenvalue weighted by molar-refractivity contribution is 7.39. The van der Waals surface area contributed by atoms with Crippen molar-refractivity contribution < 1.29 is 9.09 Å². The van der Waals surface area contributed by atoms with Crippen LogP contribution < -0.4 is 0 Å². The Balaban J connectivity index is 2.49. The van der Waals surface area contributed by atoms with Gasteiger partial charge in [0.25, 0.3) is 0 Å². The van der Waals surface area contributed by atoms with Gasteiger partial charge in [-0.25, -0.2) is 0 Å². The first kappa shape index (κ1) is 10.1. The van der Waals surface area contributed by atoms with Crippen molar-refractivity contribution in [1.29, 1.82) is 0 Å². The van der Waals surface area contributed by atoms with Gasteiger partial charge in [0.1, 0.15) is 5.60 Å². The fraction of sp³-hybridized carbons (Fsp3) is 1.00. The highest BCUT2D eigenvalue weighted by Gasteiger charge is 2.40. The summed E-state index contributed by atoms with van der Waals surface area (Å²) in [5.41, 5.74) is -0.0243. The topological polar surface area (TPSA) is 26.3 Å². The minimum Gasteiger partial charge on any atom is -0.140 e. The molecule has 0 saturated heterocycles. The fourth-order valence-electron chi connectivity index (χ4n) is 1.81. The molecule has 12 heavy (non-hydrogen) atoms. The van der Waals surface area contributed by atoms with Gasteiger partial charge in [0.15, 0.2) is 6.16 Å². The first-order chi connectivity index (χ1) is 5.72. The minimum absolute atomic E-state index is 0.0243. The zero-order chi connectivity index (χ0) is 9.03. The minimum atomic E-state index is -1.39. The van der Waals surface area contributed by atoms with E-state index in [1.807, 2.05) is 6.92 Å². The van der Waals surface area contributed by atoms with Gasteiger partial charge in [-0.15, -0.1) is 4.52 Å². The quantitative estimate of drug-likeness (QED) is 0.633. The van der Waals surface area contributed by atoms with Gasteiger partial charge in [0.05, 0.1) is 0 Å². The number of hydrogen-bond donors (Lipinski definition) is 0. The van der Waals surface area contributed by atoms with E-state index >= 15 is 0 Å². The van der Waals surface area contributed by atoms with Crippen LogP contribution in [0.25, 0.3) is 0 Å². The summed E-state index contributed by atoms with van der Waals surface area (Å²) < 4.78 is 16.9. The normalized spacial score (nSPS) is 22.7. The third kappa shape index (κ3) is 2.27. The molecule has 0 aromatic rings. The Morgan fingerprint density at radius 2 is 1.92 bits per heavy atom. The second-order valence-electron chi connectivity index (χ2n) is 3.48. The SMILES string of the molecule is CC[P+](=O)OC1(CC)CCCC1. The van der Waals surface area contributed by atoms with Gasteiger partial charge in [-0.2, -0.15) is 0 Å². The maximum Gasteiger partial charge on any atom is 0.508 e. The van der Waals surface area contributed by atoms with Crippen molar-refractivity contribution in [3.63, 3.8) is 0 Å². The molecule has 70 valence electrons. The Morgan fingerprint density at radius 3 is 2.33 bits per heavy atom. The first-order valence-corrected chi connectivity index (χ1v) is 6.22. The van der Waals surface area contributed by atoms with Crippen molar-refractivity contribution in [2.75, 3.05) is 6.16 Å². The van der Waals surface area contributed by atoms with Gasteiger partial charge in [-0.3, -0.25) is 0 Å². The van der Waals surface area contributed by atoms with Crippen LogP contribution >= 0.6 is 8.03 Å². The molecule has 1 aliphatic carbocycles. The Kier molecular flexibility index (Phi) is 3.67. The van der Waals surface area contributed by atoms with Gasteiger partial charge < -0.3 is 0 Å². The Morgan fingerprint density at radius 1 is 1.33 bits per heavy atom. The zero-order valence-corrected chi connectivity index (χ0v) is 8.90. The maximum absolute atomic E-state index is 11.3. The summed E-state index contributed by atoms with van der Waals surface area (Å²) in [5, 5.41) is 0. The predicted octanol–water partition coefficient (Wildman–Crippen LogP) is 3.49. The third-order valence-electron chi connectivity index (χ3n) is 2.71. The van der Waals surface area contributed by atoms with E-state index in [0.29, 0.717) is 6.16 Å². The van der Waals surface area contributed by atoms with E-state index in [-0.39, 0.29) is 5.60 Å². The molecule has 0 radical (unpaired) electrons. The zero-order valence-electron chi connectivity index (χ0n) is 8.01. The molecule has 0 N–H and O–H groups in total. The van der Waals surface area contributed by atoms with E-state index in [2.05, 4.69) is 6.92 Å². The van der Waals surface area contributed by atoms with Crippen LogP contribution in [0.1, 0.15) is 46.0 Å². The average Bonchev–Trinajstić information content (AvgIpc) is 2.54. The molecular formula is C9H18O2P+. The standard InChI is InChI=1S/C9H18O2P/c1-3-9(7-5-6-8-9)11-12(10)4-2/h3-8H2,1-2H3/q+1. The summed E-state index contributed by atoms with van der Waals surface area (Å²) in [6.07, 6.45) is 6.34. The summed E-state index contributed by atoms with van der Waals surface area (Å²) in [6, 6.07) is 0. The Bertz CT molecular complexity index is 162. The number of hydrogen-bond acceptors (Lipinski definition) is 2. The van der Waals surface area contributed by atoms with Crippen LogP contribution in [0, 0.1) is 0 Å². The molecule has 1 unspecified atom stereocenters. The van der Waals surface area contributed by atoms with E-state index in [0.717, 1.165) is 19.3 Å². The molecule has 0 heterocycles. The lowest BCUT2D eigenvalue weighted by Crippen LogP contribution is -2.24. The Labute approximate surface area is 75.6 Å². The van der Waals surface area contributed by atoms with Gasteiger partial charge in [-0.05, 0) is 30.8 Å². The first-order valence-electron chi connectivity index (χ1n) is 4.86. The molecule has 1 atom stereocenters. The lowest BCUT2D eigenvalue weighted by Gasteiger charge is -2.19. The fourth-order valence-corrected chi connectivity index (χ4v) is 2.68. The van der Waals surface area contributed by atoms with Gasteiger partial charge in [0, 0.05) is 0 Å². The van der Waals surface area contributed by atoms with Crippen LogP contribution in [-0.4, -0.2) is 11.8 Å². The van der Waals surface area contributed by atoms with Crippen LogP contribution in [0.4, 0.5) is 0 Å².